The first kappa shape index (κ1) is 11.1. The molecule has 0 rings (SSSR count). The Morgan fingerprint density at radius 2 is 1.92 bits per heavy atom. The summed E-state index contributed by atoms with van der Waals surface area (Å²) in [5, 5.41) is 10.2. The second-order valence-corrected chi connectivity index (χ2v) is 2.60. The number of carbonyl (C=O) groups excluding carboxylic acids is 1. The van der Waals surface area contributed by atoms with Crippen molar-refractivity contribution in [1.82, 2.24) is 0 Å². The Bertz CT molecular complexity index is 176. The number of carboxylic acids is 1. The van der Waals surface area contributed by atoms with E-state index < -0.39 is 17.6 Å². The lowest BCUT2D eigenvalue weighted by Gasteiger charge is -2.24. The van der Waals surface area contributed by atoms with Crippen LogP contribution in [-0.2, 0) is 4.79 Å². The van der Waals surface area contributed by atoms with Crippen molar-refractivity contribution in [2.75, 3.05) is 0 Å². The summed E-state index contributed by atoms with van der Waals surface area (Å²) < 4.78 is 36.3. The van der Waals surface area contributed by atoms with Crippen molar-refractivity contribution in [2.45, 2.75) is 26.4 Å². The zero-order valence-corrected chi connectivity index (χ0v) is 6.73. The fourth-order valence-corrected chi connectivity index (χ4v) is 0.723. The zero-order chi connectivity index (χ0) is 9.99. The average molecular weight is 182 g/mol. The van der Waals surface area contributed by atoms with Crippen LogP contribution in [0.25, 0.3) is 0 Å². The molecule has 0 aromatic heterocycles. The van der Waals surface area contributed by atoms with Crippen molar-refractivity contribution in [3.05, 3.63) is 6.42 Å². The van der Waals surface area contributed by atoms with E-state index in [9.17, 15) is 23.1 Å². The van der Waals surface area contributed by atoms with Crippen LogP contribution in [-0.4, -0.2) is 12.1 Å². The quantitative estimate of drug-likeness (QED) is 0.609. The smallest absolute Gasteiger partial charge is 0.440 e. The summed E-state index contributed by atoms with van der Waals surface area (Å²) in [6, 6.07) is 0. The van der Waals surface area contributed by atoms with E-state index in [1.54, 1.807) is 0 Å². The van der Waals surface area contributed by atoms with Gasteiger partial charge in [-0.05, 0) is 13.8 Å². The Hall–Kier alpha value is -0.870. The number of aliphatic carboxylic acids is 1. The SMILES string of the molecule is CC[CH+]C(C)(C(=O)[O-])C(F)(F)F. The summed E-state index contributed by atoms with van der Waals surface area (Å²) >= 11 is 0. The molecule has 0 amide bonds. The van der Waals surface area contributed by atoms with Crippen molar-refractivity contribution in [3.63, 3.8) is 0 Å². The molecule has 2 nitrogen and oxygen atoms in total. The van der Waals surface area contributed by atoms with E-state index >= 15 is 0 Å². The predicted octanol–water partition coefficient (Wildman–Crippen LogP) is 0.919. The van der Waals surface area contributed by atoms with Crippen LogP contribution in [0.2, 0.25) is 0 Å². The maximum atomic E-state index is 12.1. The van der Waals surface area contributed by atoms with Crippen LogP contribution in [0.1, 0.15) is 20.3 Å². The topological polar surface area (TPSA) is 40.1 Å². The molecule has 0 fully saturated rings. The third kappa shape index (κ3) is 1.84. The molecule has 1 unspecified atom stereocenters. The first-order valence-corrected chi connectivity index (χ1v) is 3.38. The molecule has 0 saturated carbocycles. The van der Waals surface area contributed by atoms with Gasteiger partial charge >= 0.3 is 6.18 Å². The number of carbonyl (C=O) groups is 1. The maximum Gasteiger partial charge on any atom is 0.440 e. The fourth-order valence-electron chi connectivity index (χ4n) is 0.723. The standard InChI is InChI=1S/C7H9F3O2/c1-3-4-6(2,5(11)12)7(8,9)10/h4H,3H2,1-2H3. The van der Waals surface area contributed by atoms with E-state index in [4.69, 9.17) is 0 Å². The molecular formula is C7H9F3O2. The van der Waals surface area contributed by atoms with Crippen molar-refractivity contribution in [3.8, 4) is 0 Å². The Morgan fingerprint density at radius 3 is 2.00 bits per heavy atom. The number of carboxylic acid groups (broad SMARTS) is 1. The fraction of sp³-hybridized carbons (Fsp3) is 0.714. The molecule has 12 heavy (non-hydrogen) atoms. The summed E-state index contributed by atoms with van der Waals surface area (Å²) in [7, 11) is 0. The first-order chi connectivity index (χ1) is 5.25. The van der Waals surface area contributed by atoms with Crippen molar-refractivity contribution in [1.29, 1.82) is 0 Å². The molecule has 0 N–H and O–H groups in total. The van der Waals surface area contributed by atoms with Gasteiger partial charge in [0.15, 0.2) is 0 Å². The summed E-state index contributed by atoms with van der Waals surface area (Å²) in [6.45, 7) is 2.03. The second kappa shape index (κ2) is 3.25. The van der Waals surface area contributed by atoms with Crippen LogP contribution < -0.4 is 5.11 Å². The highest BCUT2D eigenvalue weighted by Crippen LogP contribution is 2.40. The molecule has 0 bridgehead atoms. The van der Waals surface area contributed by atoms with Crippen LogP contribution in [0.15, 0.2) is 0 Å². The normalized spacial score (nSPS) is 16.8. The van der Waals surface area contributed by atoms with E-state index in [1.807, 2.05) is 0 Å². The van der Waals surface area contributed by atoms with Crippen LogP contribution >= 0.6 is 0 Å². The molecule has 0 radical (unpaired) electrons. The van der Waals surface area contributed by atoms with Crippen LogP contribution in [0.3, 0.4) is 0 Å². The molecule has 0 heterocycles. The second-order valence-electron chi connectivity index (χ2n) is 2.60. The molecule has 0 aliphatic carbocycles. The van der Waals surface area contributed by atoms with E-state index in [0.717, 1.165) is 0 Å². The van der Waals surface area contributed by atoms with Crippen LogP contribution in [0.4, 0.5) is 13.2 Å². The monoisotopic (exact) mass is 182 g/mol. The van der Waals surface area contributed by atoms with Gasteiger partial charge in [-0.15, -0.1) is 0 Å². The van der Waals surface area contributed by atoms with E-state index in [1.165, 1.54) is 6.92 Å². The van der Waals surface area contributed by atoms with Gasteiger partial charge in [0.05, 0.1) is 12.8 Å². The molecule has 1 atom stereocenters. The van der Waals surface area contributed by atoms with Gasteiger partial charge in [-0.2, -0.15) is 13.2 Å². The highest BCUT2D eigenvalue weighted by Gasteiger charge is 2.58. The lowest BCUT2D eigenvalue weighted by Crippen LogP contribution is -2.50. The minimum atomic E-state index is -4.79. The number of alkyl halides is 3. The van der Waals surface area contributed by atoms with Gasteiger partial charge < -0.3 is 9.90 Å². The summed E-state index contributed by atoms with van der Waals surface area (Å²) in [5.41, 5.74) is -2.83. The first-order valence-electron chi connectivity index (χ1n) is 3.38. The molecule has 0 aliphatic rings. The number of halogens is 3. The largest absolute Gasteiger partial charge is 0.545 e. The molecule has 0 aliphatic heterocycles. The van der Waals surface area contributed by atoms with E-state index in [-0.39, 0.29) is 6.42 Å². The molecule has 0 aromatic carbocycles. The lowest BCUT2D eigenvalue weighted by molar-refractivity contribution is -0.336. The van der Waals surface area contributed by atoms with Crippen LogP contribution in [0, 0.1) is 11.8 Å². The summed E-state index contributed by atoms with van der Waals surface area (Å²) in [6.07, 6.45) is -4.08. The Labute approximate surface area is 68.4 Å². The van der Waals surface area contributed by atoms with Gasteiger partial charge in [-0.3, -0.25) is 0 Å². The average Bonchev–Trinajstić information content (AvgIpc) is 1.85. The van der Waals surface area contributed by atoms with Gasteiger partial charge in [-0.25, -0.2) is 0 Å². The van der Waals surface area contributed by atoms with Gasteiger partial charge in [0.1, 0.15) is 5.97 Å². The Balaban J connectivity index is 4.75. The third-order valence-corrected chi connectivity index (χ3v) is 1.63. The molecule has 0 saturated heterocycles. The van der Waals surface area contributed by atoms with Crippen molar-refractivity contribution >= 4 is 5.97 Å². The van der Waals surface area contributed by atoms with Gasteiger partial charge in [-0.1, -0.05) is 0 Å². The minimum absolute atomic E-state index is 0.0317. The number of hydrogen-bond acceptors (Lipinski definition) is 2. The maximum absolute atomic E-state index is 12.1. The number of hydrogen-bond donors (Lipinski definition) is 0. The molecule has 0 spiro atoms. The van der Waals surface area contributed by atoms with Crippen molar-refractivity contribution in [2.24, 2.45) is 5.41 Å². The number of rotatable bonds is 3. The minimum Gasteiger partial charge on any atom is -0.545 e. The van der Waals surface area contributed by atoms with E-state index in [2.05, 4.69) is 0 Å². The van der Waals surface area contributed by atoms with Gasteiger partial charge in [0.25, 0.3) is 0 Å². The van der Waals surface area contributed by atoms with Gasteiger partial charge in [0, 0.05) is 0 Å². The predicted molar refractivity (Wildman–Crippen MR) is 33.8 cm³/mol. The third-order valence-electron chi connectivity index (χ3n) is 1.63. The molecule has 5 heteroatoms. The molecule has 0 aromatic rings. The highest BCUT2D eigenvalue weighted by molar-refractivity contribution is 5.74. The highest BCUT2D eigenvalue weighted by atomic mass is 19.4. The van der Waals surface area contributed by atoms with E-state index in [0.29, 0.717) is 13.3 Å². The zero-order valence-electron chi connectivity index (χ0n) is 6.73. The Kier molecular flexibility index (Phi) is 3.01. The van der Waals surface area contributed by atoms with Crippen molar-refractivity contribution < 1.29 is 23.1 Å². The summed E-state index contributed by atoms with van der Waals surface area (Å²) in [5.74, 6) is -2.11. The summed E-state index contributed by atoms with van der Waals surface area (Å²) in [4.78, 5) is 10.2. The lowest BCUT2D eigenvalue weighted by atomic mass is 9.85. The van der Waals surface area contributed by atoms with Crippen LogP contribution in [0.5, 0.6) is 0 Å². The molecule has 70 valence electrons. The van der Waals surface area contributed by atoms with Gasteiger partial charge in [0.2, 0.25) is 5.41 Å². The Morgan fingerprint density at radius 1 is 1.50 bits per heavy atom. The molecular weight excluding hydrogens is 173 g/mol.